The summed E-state index contributed by atoms with van der Waals surface area (Å²) in [6.07, 6.45) is -1.40. The molecule has 0 radical (unpaired) electrons. The van der Waals surface area contributed by atoms with Crippen LogP contribution in [0.4, 0.5) is 4.79 Å². The van der Waals surface area contributed by atoms with E-state index in [9.17, 15) is 4.79 Å². The van der Waals surface area contributed by atoms with Crippen LogP contribution in [0.25, 0.3) is 0 Å². The summed E-state index contributed by atoms with van der Waals surface area (Å²) in [5, 5.41) is 7.57. The van der Waals surface area contributed by atoms with E-state index in [1.165, 1.54) is 0 Å². The van der Waals surface area contributed by atoms with E-state index in [0.717, 1.165) is 0 Å². The normalized spacial score (nSPS) is 5.86. The molecule has 0 aromatic heterocycles. The Balaban J connectivity index is 0. The Morgan fingerprint density at radius 2 is 2.14 bits per heavy atom. The molecule has 0 unspecified atom stereocenters. The van der Waals surface area contributed by atoms with Crippen LogP contribution in [0.3, 0.4) is 0 Å². The molecule has 7 heavy (non-hydrogen) atoms. The van der Waals surface area contributed by atoms with E-state index in [2.05, 4.69) is 3.79 Å². The summed E-state index contributed by atoms with van der Waals surface area (Å²) in [5.41, 5.74) is 0. The molecule has 2 N–H and O–H groups in total. The molecule has 0 aromatic carbocycles. The predicted molar refractivity (Wildman–Crippen MR) is 27.0 cm³/mol. The van der Waals surface area contributed by atoms with Crippen molar-refractivity contribution in [3.8, 4) is 0 Å². The van der Waals surface area contributed by atoms with E-state index in [1.807, 2.05) is 0 Å². The van der Waals surface area contributed by atoms with Gasteiger partial charge >= 0.3 is 59.8 Å². The molecule has 0 aliphatic heterocycles. The van der Waals surface area contributed by atoms with Crippen LogP contribution in [0.5, 0.6) is 0 Å². The van der Waals surface area contributed by atoms with Gasteiger partial charge in [0.2, 0.25) is 0 Å². The molecule has 0 aromatic rings. The zero-order chi connectivity index (χ0) is 4.99. The Hall–Kier alpha value is 1.02. The van der Waals surface area contributed by atoms with Crippen molar-refractivity contribution >= 4 is 59.8 Å². The van der Waals surface area contributed by atoms with Crippen molar-refractivity contribution in [2.24, 2.45) is 0 Å². The number of rotatable bonds is 1. The minimum absolute atomic E-state index is 0. The van der Waals surface area contributed by atoms with E-state index in [1.54, 1.807) is 0 Å². The Kier molecular flexibility index (Phi) is 10.9. The van der Waals surface area contributed by atoms with Gasteiger partial charge in [-0.3, -0.25) is 0 Å². The third kappa shape index (κ3) is 10.9. The molecule has 6 heteroatoms. The first kappa shape index (κ1) is 10.9. The molecule has 0 saturated carbocycles. The quantitative estimate of drug-likeness (QED) is 0.423. The number of carbonyl (C=O) groups is 1. The first-order valence-electron chi connectivity index (χ1n) is 1.24. The van der Waals surface area contributed by atoms with Gasteiger partial charge in [-0.05, 0) is 0 Å². The average molecular weight is 148 g/mol. The van der Waals surface area contributed by atoms with Gasteiger partial charge < -0.3 is 13.1 Å². The Morgan fingerprint density at radius 1 is 1.71 bits per heavy atom. The van der Waals surface area contributed by atoms with Crippen molar-refractivity contribution in [1.29, 1.82) is 0 Å². The number of hydrogen-bond acceptors (Lipinski definition) is 3. The van der Waals surface area contributed by atoms with E-state index >= 15 is 0 Å². The van der Waals surface area contributed by atoms with Crippen LogP contribution in [0.2, 0.25) is 0 Å². The molecule has 38 valence electrons. The Labute approximate surface area is 76.8 Å². The molecular formula is CH5AlCaO4. The van der Waals surface area contributed by atoms with Crippen LogP contribution in [0.15, 0.2) is 0 Å². The van der Waals surface area contributed by atoms with Crippen molar-refractivity contribution in [2.75, 3.05) is 0 Å². The van der Waals surface area contributed by atoms with Crippen molar-refractivity contribution in [3.05, 3.63) is 0 Å². The third-order valence-electron chi connectivity index (χ3n) is 0.188. The summed E-state index contributed by atoms with van der Waals surface area (Å²) in [6, 6.07) is 0. The molecule has 0 atom stereocenters. The average Bonchev–Trinajstić information content (AvgIpc) is 1.35. The van der Waals surface area contributed by atoms with Gasteiger partial charge in [-0.2, -0.15) is 0 Å². The monoisotopic (exact) mass is 148 g/mol. The van der Waals surface area contributed by atoms with Gasteiger partial charge in [0.15, 0.2) is 0 Å². The molecule has 0 amide bonds. The standard InChI is InChI=1S/CH2O3.Al.Ca.H2O.3H/c2-1(3)4;;;;;;/h(H2,2,3,4);;;1H2;;;/q;+2;;;;;/p-2. The minimum atomic E-state index is -1.73. The van der Waals surface area contributed by atoms with Crippen LogP contribution in [-0.2, 0) is 3.79 Å². The van der Waals surface area contributed by atoms with Crippen molar-refractivity contribution in [3.63, 3.8) is 0 Å². The predicted octanol–water partition coefficient (Wildman–Crippen LogP) is -1.98. The summed E-state index contributed by atoms with van der Waals surface area (Å²) in [6.45, 7) is 0. The van der Waals surface area contributed by atoms with Crippen LogP contribution >= 0.6 is 0 Å². The van der Waals surface area contributed by atoms with Crippen molar-refractivity contribution < 1.29 is 17.8 Å². The molecule has 0 aliphatic rings. The number of carboxylic acid groups (broad SMARTS) is 1. The van der Waals surface area contributed by atoms with Gasteiger partial charge in [0.05, 0.1) is 0 Å². The zero-order valence-corrected chi connectivity index (χ0v) is 4.33. The van der Waals surface area contributed by atoms with Gasteiger partial charge in [0.25, 0.3) is 0 Å². The van der Waals surface area contributed by atoms with Crippen LogP contribution in [0, 0.1) is 0 Å². The summed E-state index contributed by atoms with van der Waals surface area (Å²) in [5.74, 6) is 0. The summed E-state index contributed by atoms with van der Waals surface area (Å²) in [4.78, 5) is 9.25. The van der Waals surface area contributed by atoms with E-state index in [0.29, 0.717) is 0 Å². The Bertz CT molecular complexity index is 55.7. The number of hydrogen-bond donors (Lipinski definition) is 2. The second-order valence-corrected chi connectivity index (χ2v) is 1.09. The second kappa shape index (κ2) is 7.02. The van der Waals surface area contributed by atoms with E-state index in [-0.39, 0.29) is 37.7 Å². The molecular weight excluding hydrogens is 143 g/mol. The third-order valence-corrected chi connectivity index (χ3v) is 0.564. The summed E-state index contributed by atoms with van der Waals surface area (Å²) in [7, 11) is 0. The first-order chi connectivity index (χ1) is 2.77. The molecule has 0 bridgehead atoms. The molecule has 0 saturated heterocycles. The van der Waals surface area contributed by atoms with E-state index < -0.39 is 22.0 Å². The fourth-order valence-electron chi connectivity index (χ4n) is 0.0552. The molecule has 0 fully saturated rings. The van der Waals surface area contributed by atoms with Gasteiger partial charge in [0, 0.05) is 0 Å². The molecule has 0 heterocycles. The van der Waals surface area contributed by atoms with Crippen molar-refractivity contribution in [2.45, 2.75) is 0 Å². The van der Waals surface area contributed by atoms with E-state index in [4.69, 9.17) is 9.26 Å². The molecule has 0 aliphatic carbocycles. The topological polar surface area (TPSA) is 66.8 Å². The maximum atomic E-state index is 9.25. The van der Waals surface area contributed by atoms with Crippen LogP contribution in [0.1, 0.15) is 0 Å². The fourth-order valence-corrected chi connectivity index (χ4v) is 0.166. The molecule has 4 nitrogen and oxygen atoms in total. The van der Waals surface area contributed by atoms with Crippen LogP contribution in [-0.4, -0.2) is 69.0 Å². The van der Waals surface area contributed by atoms with Gasteiger partial charge in [-0.25, -0.2) is 4.79 Å². The fraction of sp³-hybridized carbons (Fsp3) is 0. The van der Waals surface area contributed by atoms with Gasteiger partial charge in [-0.1, -0.05) is 0 Å². The SMILES string of the molecule is O=C(O)[O][AlH][OH].[CaH2]. The van der Waals surface area contributed by atoms with Gasteiger partial charge in [0.1, 0.15) is 0 Å². The van der Waals surface area contributed by atoms with Gasteiger partial charge in [-0.15, -0.1) is 0 Å². The maximum absolute atomic E-state index is 9.25. The molecule has 0 rings (SSSR count). The second-order valence-electron chi connectivity index (χ2n) is 0.539. The van der Waals surface area contributed by atoms with Crippen molar-refractivity contribution in [1.82, 2.24) is 0 Å². The first-order valence-corrected chi connectivity index (χ1v) is 2.45. The zero-order valence-electron chi connectivity index (χ0n) is 2.92. The molecule has 0 spiro atoms. The Morgan fingerprint density at radius 3 is 2.14 bits per heavy atom. The van der Waals surface area contributed by atoms with Crippen LogP contribution < -0.4 is 0 Å². The summed E-state index contributed by atoms with van der Waals surface area (Å²) >= 11 is -1.73. The summed E-state index contributed by atoms with van der Waals surface area (Å²) < 4.78 is 11.4.